The van der Waals surface area contributed by atoms with Gasteiger partial charge in [0.05, 0.1) is 11.6 Å². The van der Waals surface area contributed by atoms with Gasteiger partial charge in [-0.1, -0.05) is 6.07 Å². The van der Waals surface area contributed by atoms with Crippen molar-refractivity contribution < 1.29 is 14.3 Å². The quantitative estimate of drug-likeness (QED) is 0.896. The first kappa shape index (κ1) is 14.5. The van der Waals surface area contributed by atoms with E-state index in [1.807, 2.05) is 6.07 Å². The summed E-state index contributed by atoms with van der Waals surface area (Å²) in [7, 11) is 0. The van der Waals surface area contributed by atoms with E-state index in [0.29, 0.717) is 30.0 Å². The van der Waals surface area contributed by atoms with Gasteiger partial charge in [-0.15, -0.1) is 0 Å². The Bertz CT molecular complexity index is 539. The van der Waals surface area contributed by atoms with Crippen LogP contribution in [0.2, 0.25) is 0 Å². The Morgan fingerprint density at radius 2 is 2.35 bits per heavy atom. The zero-order valence-electron chi connectivity index (χ0n) is 11.2. The van der Waals surface area contributed by atoms with E-state index in [4.69, 9.17) is 10.4 Å². The second-order valence-corrected chi connectivity index (χ2v) is 5.24. The maximum absolute atomic E-state index is 13.8. The van der Waals surface area contributed by atoms with Crippen LogP contribution in [0.4, 0.5) is 4.39 Å². The molecule has 1 aliphatic heterocycles. The highest BCUT2D eigenvalue weighted by Crippen LogP contribution is 2.23. The Kier molecular flexibility index (Phi) is 4.70. The summed E-state index contributed by atoms with van der Waals surface area (Å²) in [5, 5.41) is 17.4. The van der Waals surface area contributed by atoms with Crippen molar-refractivity contribution >= 4 is 5.97 Å². The summed E-state index contributed by atoms with van der Waals surface area (Å²) in [5.41, 5.74) is 0.912. The van der Waals surface area contributed by atoms with Crippen molar-refractivity contribution in [2.45, 2.75) is 25.8 Å². The van der Waals surface area contributed by atoms with Gasteiger partial charge in [-0.25, -0.2) is 4.39 Å². The van der Waals surface area contributed by atoms with Gasteiger partial charge in [-0.05, 0) is 37.4 Å². The zero-order valence-corrected chi connectivity index (χ0v) is 11.2. The lowest BCUT2D eigenvalue weighted by Crippen LogP contribution is -2.21. The van der Waals surface area contributed by atoms with E-state index < -0.39 is 5.97 Å². The standard InChI is InChI=1S/C15H17FN2O2/c16-14-7-12(8-17)1-3-13(14)10-18-6-5-11(9-18)2-4-15(19)20/h1,3,7,11H,2,4-6,9-10H2,(H,19,20). The fraction of sp³-hybridized carbons (Fsp3) is 0.467. The summed E-state index contributed by atoms with van der Waals surface area (Å²) in [6.45, 7) is 2.19. The van der Waals surface area contributed by atoms with Crippen LogP contribution < -0.4 is 0 Å². The van der Waals surface area contributed by atoms with Crippen molar-refractivity contribution in [2.75, 3.05) is 13.1 Å². The molecule has 106 valence electrons. The van der Waals surface area contributed by atoms with E-state index in [1.54, 1.807) is 12.1 Å². The van der Waals surface area contributed by atoms with Gasteiger partial charge in [-0.3, -0.25) is 9.69 Å². The third-order valence-corrected chi connectivity index (χ3v) is 3.71. The summed E-state index contributed by atoms with van der Waals surface area (Å²) in [6, 6.07) is 6.44. The number of hydrogen-bond acceptors (Lipinski definition) is 3. The number of carboxylic acid groups (broad SMARTS) is 1. The number of nitrogens with zero attached hydrogens (tertiary/aromatic N) is 2. The van der Waals surface area contributed by atoms with Crippen LogP contribution in [0.3, 0.4) is 0 Å². The lowest BCUT2D eigenvalue weighted by atomic mass is 10.0. The SMILES string of the molecule is N#Cc1ccc(CN2CCC(CCC(=O)O)C2)c(F)c1. The van der Waals surface area contributed by atoms with Crippen LogP contribution in [0.1, 0.15) is 30.4 Å². The second kappa shape index (κ2) is 6.49. The molecule has 1 atom stereocenters. The fourth-order valence-corrected chi connectivity index (χ4v) is 2.61. The second-order valence-electron chi connectivity index (χ2n) is 5.24. The highest BCUT2D eigenvalue weighted by Gasteiger charge is 2.23. The first-order valence-corrected chi connectivity index (χ1v) is 6.71. The molecule has 1 aromatic rings. The molecule has 20 heavy (non-hydrogen) atoms. The van der Waals surface area contributed by atoms with Gasteiger partial charge in [0.15, 0.2) is 0 Å². The Hall–Kier alpha value is -1.93. The maximum Gasteiger partial charge on any atom is 0.303 e. The van der Waals surface area contributed by atoms with Crippen LogP contribution in [0.5, 0.6) is 0 Å². The fourth-order valence-electron chi connectivity index (χ4n) is 2.61. The number of halogens is 1. The van der Waals surface area contributed by atoms with E-state index in [2.05, 4.69) is 4.90 Å². The third kappa shape index (κ3) is 3.78. The van der Waals surface area contributed by atoms with E-state index >= 15 is 0 Å². The molecule has 1 aromatic carbocycles. The number of carboxylic acids is 1. The molecule has 1 N–H and O–H groups in total. The van der Waals surface area contributed by atoms with Gasteiger partial charge in [0.25, 0.3) is 0 Å². The largest absolute Gasteiger partial charge is 0.481 e. The van der Waals surface area contributed by atoms with Crippen molar-refractivity contribution in [3.8, 4) is 6.07 Å². The molecule has 0 amide bonds. The minimum atomic E-state index is -0.762. The lowest BCUT2D eigenvalue weighted by Gasteiger charge is -2.16. The Morgan fingerprint density at radius 3 is 3.00 bits per heavy atom. The molecule has 0 saturated carbocycles. The normalized spacial score (nSPS) is 18.9. The van der Waals surface area contributed by atoms with Crippen LogP contribution in [0, 0.1) is 23.1 Å². The summed E-state index contributed by atoms with van der Waals surface area (Å²) < 4.78 is 13.8. The molecule has 0 radical (unpaired) electrons. The molecule has 1 fully saturated rings. The summed E-state index contributed by atoms with van der Waals surface area (Å²) in [5.74, 6) is -0.729. The Labute approximate surface area is 117 Å². The molecule has 0 bridgehead atoms. The average Bonchev–Trinajstić information content (AvgIpc) is 2.86. The summed E-state index contributed by atoms with van der Waals surface area (Å²) >= 11 is 0. The van der Waals surface area contributed by atoms with Crippen LogP contribution >= 0.6 is 0 Å². The zero-order chi connectivity index (χ0) is 14.5. The molecule has 0 aliphatic carbocycles. The average molecular weight is 276 g/mol. The monoisotopic (exact) mass is 276 g/mol. The molecule has 1 heterocycles. The van der Waals surface area contributed by atoms with Gasteiger partial charge in [0.1, 0.15) is 5.82 Å². The third-order valence-electron chi connectivity index (χ3n) is 3.71. The molecular weight excluding hydrogens is 259 g/mol. The number of rotatable bonds is 5. The van der Waals surface area contributed by atoms with E-state index in [-0.39, 0.29) is 12.2 Å². The number of hydrogen-bond donors (Lipinski definition) is 1. The highest BCUT2D eigenvalue weighted by atomic mass is 19.1. The molecular formula is C15H17FN2O2. The molecule has 1 aliphatic rings. The van der Waals surface area contributed by atoms with Crippen LogP contribution in [0.25, 0.3) is 0 Å². The first-order chi connectivity index (χ1) is 9.58. The molecule has 0 aromatic heterocycles. The van der Waals surface area contributed by atoms with E-state index in [1.165, 1.54) is 6.07 Å². The van der Waals surface area contributed by atoms with Gasteiger partial charge in [0, 0.05) is 25.1 Å². The number of likely N-dealkylation sites (tertiary alicyclic amines) is 1. The van der Waals surface area contributed by atoms with Crippen LogP contribution in [-0.4, -0.2) is 29.1 Å². The van der Waals surface area contributed by atoms with Gasteiger partial charge >= 0.3 is 5.97 Å². The molecule has 5 heteroatoms. The number of benzene rings is 1. The Morgan fingerprint density at radius 1 is 1.55 bits per heavy atom. The minimum Gasteiger partial charge on any atom is -0.481 e. The van der Waals surface area contributed by atoms with Gasteiger partial charge < -0.3 is 5.11 Å². The summed E-state index contributed by atoms with van der Waals surface area (Å²) in [4.78, 5) is 12.7. The number of carbonyl (C=O) groups is 1. The van der Waals surface area contributed by atoms with Gasteiger partial charge in [0.2, 0.25) is 0 Å². The molecule has 4 nitrogen and oxygen atoms in total. The molecule has 0 spiro atoms. The Balaban J connectivity index is 1.89. The van der Waals surface area contributed by atoms with Crippen molar-refractivity contribution in [1.29, 1.82) is 5.26 Å². The molecule has 2 rings (SSSR count). The van der Waals surface area contributed by atoms with Crippen molar-refractivity contribution in [3.05, 3.63) is 35.1 Å². The summed E-state index contributed by atoms with van der Waals surface area (Å²) in [6.07, 6.45) is 1.84. The smallest absolute Gasteiger partial charge is 0.303 e. The molecule has 1 unspecified atom stereocenters. The predicted octanol–water partition coefficient (Wildman–Crippen LogP) is 2.38. The number of aliphatic carboxylic acids is 1. The highest BCUT2D eigenvalue weighted by molar-refractivity contribution is 5.66. The first-order valence-electron chi connectivity index (χ1n) is 6.71. The van der Waals surface area contributed by atoms with Crippen LogP contribution in [-0.2, 0) is 11.3 Å². The maximum atomic E-state index is 13.8. The van der Waals surface area contributed by atoms with E-state index in [9.17, 15) is 9.18 Å². The van der Waals surface area contributed by atoms with Gasteiger partial charge in [-0.2, -0.15) is 5.26 Å². The predicted molar refractivity (Wildman–Crippen MR) is 71.4 cm³/mol. The minimum absolute atomic E-state index is 0.198. The van der Waals surface area contributed by atoms with Crippen molar-refractivity contribution in [2.24, 2.45) is 5.92 Å². The topological polar surface area (TPSA) is 64.3 Å². The van der Waals surface area contributed by atoms with Crippen molar-refractivity contribution in [1.82, 2.24) is 4.90 Å². The van der Waals surface area contributed by atoms with Crippen molar-refractivity contribution in [3.63, 3.8) is 0 Å². The molecule has 1 saturated heterocycles. The lowest BCUT2D eigenvalue weighted by molar-refractivity contribution is -0.137. The van der Waals surface area contributed by atoms with Crippen LogP contribution in [0.15, 0.2) is 18.2 Å². The number of nitriles is 1. The van der Waals surface area contributed by atoms with E-state index in [0.717, 1.165) is 19.5 Å².